The third-order valence-electron chi connectivity index (χ3n) is 6.11. The highest BCUT2D eigenvalue weighted by molar-refractivity contribution is 5.97. The smallest absolute Gasteiger partial charge is 0.261 e. The molecule has 9 heteroatoms. The molecule has 178 valence electrons. The fraction of sp³-hybridized carbons (Fsp3) is 0.400. The Bertz CT molecular complexity index is 1270. The van der Waals surface area contributed by atoms with Crippen molar-refractivity contribution in [3.8, 4) is 17.2 Å². The van der Waals surface area contributed by atoms with Gasteiger partial charge in [0.15, 0.2) is 11.5 Å². The van der Waals surface area contributed by atoms with Crippen molar-refractivity contribution < 1.29 is 24.1 Å². The molecule has 1 atom stereocenters. The van der Waals surface area contributed by atoms with Gasteiger partial charge in [-0.25, -0.2) is 4.98 Å². The summed E-state index contributed by atoms with van der Waals surface area (Å²) in [5.41, 5.74) is 0.861. The number of hydrogen-bond donors (Lipinski definition) is 2. The number of nitrogens with one attached hydrogen (secondary N) is 1. The topological polar surface area (TPSA) is 112 Å². The number of hydrogen-bond acceptors (Lipinski definition) is 7. The predicted molar refractivity (Wildman–Crippen MR) is 125 cm³/mol. The first-order valence-electron chi connectivity index (χ1n) is 11.6. The number of rotatable bonds is 6. The Balaban J connectivity index is 1.21. The molecule has 9 nitrogen and oxygen atoms in total. The number of ether oxygens (including phenoxy) is 3. The molecular weight excluding hydrogens is 438 g/mol. The summed E-state index contributed by atoms with van der Waals surface area (Å²) in [7, 11) is 0. The van der Waals surface area contributed by atoms with Crippen LogP contribution >= 0.6 is 0 Å². The van der Waals surface area contributed by atoms with Crippen LogP contribution < -0.4 is 25.1 Å². The molecule has 1 amide bonds. The SMILES string of the molecule is O=C(NCC(O)COc1ccc2c(c1)OCO2)c1ccc2c(=O)n3c(nc2c1)CCCCCC3. The van der Waals surface area contributed by atoms with Crippen LogP contribution in [0.25, 0.3) is 10.9 Å². The number of carbonyl (C=O) groups excluding carboxylic acids is 1. The van der Waals surface area contributed by atoms with Crippen molar-refractivity contribution in [1.29, 1.82) is 0 Å². The molecule has 3 heterocycles. The maximum atomic E-state index is 12.9. The Morgan fingerprint density at radius 2 is 1.97 bits per heavy atom. The van der Waals surface area contributed by atoms with E-state index in [0.29, 0.717) is 40.3 Å². The zero-order valence-electron chi connectivity index (χ0n) is 18.8. The van der Waals surface area contributed by atoms with E-state index in [-0.39, 0.29) is 31.4 Å². The number of benzene rings is 2. The Hall–Kier alpha value is -3.59. The van der Waals surface area contributed by atoms with E-state index in [1.54, 1.807) is 41.0 Å². The van der Waals surface area contributed by atoms with E-state index in [9.17, 15) is 14.7 Å². The van der Waals surface area contributed by atoms with Crippen LogP contribution in [-0.4, -0.2) is 46.6 Å². The summed E-state index contributed by atoms with van der Waals surface area (Å²) < 4.78 is 17.9. The summed E-state index contributed by atoms with van der Waals surface area (Å²) in [5, 5.41) is 13.5. The quantitative estimate of drug-likeness (QED) is 0.575. The van der Waals surface area contributed by atoms with Crippen LogP contribution in [0, 0.1) is 0 Å². The van der Waals surface area contributed by atoms with E-state index >= 15 is 0 Å². The maximum Gasteiger partial charge on any atom is 0.261 e. The van der Waals surface area contributed by atoms with Gasteiger partial charge in [-0.2, -0.15) is 0 Å². The molecule has 0 radical (unpaired) electrons. The van der Waals surface area contributed by atoms with Gasteiger partial charge in [-0.15, -0.1) is 0 Å². The number of aliphatic hydroxyl groups excluding tert-OH is 1. The molecule has 0 saturated heterocycles. The number of nitrogens with zero attached hydrogens (tertiary/aromatic N) is 2. The van der Waals surface area contributed by atoms with Gasteiger partial charge in [0, 0.05) is 31.1 Å². The number of aryl methyl sites for hydroxylation is 1. The predicted octanol–water partition coefficient (Wildman–Crippen LogP) is 2.41. The lowest BCUT2D eigenvalue weighted by Gasteiger charge is -2.16. The van der Waals surface area contributed by atoms with Gasteiger partial charge in [-0.05, 0) is 43.2 Å². The zero-order valence-corrected chi connectivity index (χ0v) is 18.8. The van der Waals surface area contributed by atoms with Crippen LogP contribution in [0.4, 0.5) is 0 Å². The van der Waals surface area contributed by atoms with Crippen molar-refractivity contribution in [1.82, 2.24) is 14.9 Å². The van der Waals surface area contributed by atoms with Gasteiger partial charge in [0.25, 0.3) is 11.5 Å². The standard InChI is InChI=1S/C25H27N3O6/c29-17(14-32-18-7-9-21-22(12-18)34-15-33-21)13-26-24(30)16-6-8-19-20(11-16)27-23-5-3-1-2-4-10-28(23)25(19)31/h6-9,11-12,17,29H,1-5,10,13-15H2,(H,26,30). The molecule has 0 spiro atoms. The minimum absolute atomic E-state index is 0.00208. The van der Waals surface area contributed by atoms with Crippen LogP contribution in [0.3, 0.4) is 0 Å². The summed E-state index contributed by atoms with van der Waals surface area (Å²) in [6.45, 7) is 0.880. The molecule has 2 aromatic carbocycles. The molecule has 1 aromatic heterocycles. The first kappa shape index (κ1) is 22.2. The highest BCUT2D eigenvalue weighted by Gasteiger charge is 2.17. The largest absolute Gasteiger partial charge is 0.491 e. The molecule has 1 unspecified atom stereocenters. The van der Waals surface area contributed by atoms with Crippen molar-refractivity contribution >= 4 is 16.8 Å². The first-order valence-corrected chi connectivity index (χ1v) is 11.6. The number of fused-ring (bicyclic) bond motifs is 3. The Labute approximate surface area is 196 Å². The molecule has 0 aliphatic carbocycles. The number of carbonyl (C=O) groups is 1. The third kappa shape index (κ3) is 4.70. The summed E-state index contributed by atoms with van der Waals surface area (Å²) in [6.07, 6.45) is 4.09. The molecule has 0 saturated carbocycles. The van der Waals surface area contributed by atoms with Crippen molar-refractivity contribution in [2.75, 3.05) is 19.9 Å². The highest BCUT2D eigenvalue weighted by atomic mass is 16.7. The molecule has 2 N–H and O–H groups in total. The molecule has 2 aliphatic heterocycles. The Morgan fingerprint density at radius 3 is 2.88 bits per heavy atom. The first-order chi connectivity index (χ1) is 16.6. The number of aliphatic hydroxyl groups is 1. The second kappa shape index (κ2) is 9.72. The molecule has 0 bridgehead atoms. The van der Waals surface area contributed by atoms with Crippen molar-refractivity contribution in [3.63, 3.8) is 0 Å². The highest BCUT2D eigenvalue weighted by Crippen LogP contribution is 2.35. The monoisotopic (exact) mass is 465 g/mol. The number of amides is 1. The molecule has 3 aromatic rings. The average Bonchev–Trinajstić information content (AvgIpc) is 3.30. The summed E-state index contributed by atoms with van der Waals surface area (Å²) >= 11 is 0. The average molecular weight is 466 g/mol. The van der Waals surface area contributed by atoms with Crippen LogP contribution in [-0.2, 0) is 13.0 Å². The van der Waals surface area contributed by atoms with E-state index in [2.05, 4.69) is 5.32 Å². The van der Waals surface area contributed by atoms with Gasteiger partial charge in [0.05, 0.1) is 10.9 Å². The summed E-state index contributed by atoms with van der Waals surface area (Å²) in [4.78, 5) is 30.3. The van der Waals surface area contributed by atoms with Gasteiger partial charge in [0.2, 0.25) is 6.79 Å². The van der Waals surface area contributed by atoms with E-state index in [0.717, 1.165) is 37.9 Å². The fourth-order valence-corrected chi connectivity index (χ4v) is 4.27. The van der Waals surface area contributed by atoms with E-state index in [4.69, 9.17) is 19.2 Å². The van der Waals surface area contributed by atoms with Crippen LogP contribution in [0.2, 0.25) is 0 Å². The normalized spacial score (nSPS) is 15.8. The lowest BCUT2D eigenvalue weighted by atomic mass is 10.1. The van der Waals surface area contributed by atoms with Crippen LogP contribution in [0.5, 0.6) is 17.2 Å². The third-order valence-corrected chi connectivity index (χ3v) is 6.11. The van der Waals surface area contributed by atoms with Crippen molar-refractivity contribution in [2.24, 2.45) is 0 Å². The molecular formula is C25H27N3O6. The second-order valence-corrected chi connectivity index (χ2v) is 8.57. The van der Waals surface area contributed by atoms with Crippen LogP contribution in [0.1, 0.15) is 41.9 Å². The lowest BCUT2D eigenvalue weighted by molar-refractivity contribution is 0.0843. The van der Waals surface area contributed by atoms with Crippen LogP contribution in [0.15, 0.2) is 41.2 Å². The lowest BCUT2D eigenvalue weighted by Crippen LogP contribution is -2.35. The van der Waals surface area contributed by atoms with Gasteiger partial charge in [0.1, 0.15) is 24.3 Å². The van der Waals surface area contributed by atoms with E-state index in [1.807, 2.05) is 0 Å². The van der Waals surface area contributed by atoms with Gasteiger partial charge >= 0.3 is 0 Å². The molecule has 34 heavy (non-hydrogen) atoms. The summed E-state index contributed by atoms with van der Waals surface area (Å²) in [6, 6.07) is 10.1. The van der Waals surface area contributed by atoms with Gasteiger partial charge in [-0.3, -0.25) is 14.2 Å². The Kier molecular flexibility index (Phi) is 6.35. The van der Waals surface area contributed by atoms with Crippen molar-refractivity contribution in [2.45, 2.75) is 44.8 Å². The second-order valence-electron chi connectivity index (χ2n) is 8.57. The molecule has 0 fully saturated rings. The van der Waals surface area contributed by atoms with E-state index < -0.39 is 6.10 Å². The minimum Gasteiger partial charge on any atom is -0.491 e. The summed E-state index contributed by atoms with van der Waals surface area (Å²) in [5.74, 6) is 2.22. The zero-order chi connectivity index (χ0) is 23.5. The van der Waals surface area contributed by atoms with Gasteiger partial charge in [-0.1, -0.05) is 12.8 Å². The Morgan fingerprint density at radius 1 is 1.12 bits per heavy atom. The molecule has 5 rings (SSSR count). The van der Waals surface area contributed by atoms with Crippen molar-refractivity contribution in [3.05, 3.63) is 58.1 Å². The maximum absolute atomic E-state index is 12.9. The molecule has 2 aliphatic rings. The van der Waals surface area contributed by atoms with E-state index in [1.165, 1.54) is 0 Å². The number of aromatic nitrogens is 2. The minimum atomic E-state index is -0.905. The fourth-order valence-electron chi connectivity index (χ4n) is 4.27. The van der Waals surface area contributed by atoms with Gasteiger partial charge < -0.3 is 24.6 Å².